The topological polar surface area (TPSA) is 70.8 Å². The molecule has 0 saturated carbocycles. The van der Waals surface area contributed by atoms with Crippen LogP contribution in [-0.4, -0.2) is 48.7 Å². The number of benzene rings is 2. The molecular weight excluding hydrogens is 475 g/mol. The molecule has 34 heavy (non-hydrogen) atoms. The smallest absolute Gasteiger partial charge is 0.317 e. The molecule has 4 rings (SSSR count). The first kappa shape index (κ1) is 24.2. The molecule has 180 valence electrons. The maximum Gasteiger partial charge on any atom is 0.317 e. The highest BCUT2D eigenvalue weighted by molar-refractivity contribution is 6.42. The van der Waals surface area contributed by atoms with Gasteiger partial charge in [-0.25, -0.2) is 9.78 Å². The third-order valence-electron chi connectivity index (χ3n) is 5.96. The number of nitrogens with one attached hydrogen (secondary N) is 1. The summed E-state index contributed by atoms with van der Waals surface area (Å²) in [4.78, 5) is 21.2. The number of oxazole rings is 1. The summed E-state index contributed by atoms with van der Waals surface area (Å²) in [6, 6.07) is 11.5. The van der Waals surface area contributed by atoms with Crippen molar-refractivity contribution in [2.24, 2.45) is 0 Å². The third-order valence-corrected chi connectivity index (χ3v) is 6.70. The van der Waals surface area contributed by atoms with Crippen LogP contribution in [0.15, 0.2) is 47.0 Å². The number of hydrogen-bond donors (Lipinski definition) is 1. The Morgan fingerprint density at radius 2 is 2.03 bits per heavy atom. The molecule has 2 amide bonds. The van der Waals surface area contributed by atoms with Gasteiger partial charge in [0.2, 0.25) is 0 Å². The minimum Gasteiger partial charge on any atom is -0.496 e. The number of nitrogens with zero attached hydrogens (tertiary/aromatic N) is 3. The molecule has 1 aliphatic heterocycles. The number of methoxy groups -OCH3 is 1. The second-order valence-corrected chi connectivity index (χ2v) is 9.19. The van der Waals surface area contributed by atoms with Crippen LogP contribution in [0.25, 0.3) is 11.3 Å². The standard InChI is InChI=1S/C25H28Cl2N4O3/c1-16-15-30(25(32)29-13-18-5-8-21(26)22(27)11-18)9-4-10-31(16)19-6-7-20(23(12-19)33-3)24-14-28-17(2)34-24/h5-8,11-12,14,16H,4,9-10,13,15H2,1-3H3,(H,29,32). The molecule has 1 atom stereocenters. The second-order valence-electron chi connectivity index (χ2n) is 8.38. The number of carbonyl (C=O) groups is 1. The van der Waals surface area contributed by atoms with Crippen molar-refractivity contribution in [1.82, 2.24) is 15.2 Å². The van der Waals surface area contributed by atoms with Crippen molar-refractivity contribution >= 4 is 34.9 Å². The maximum absolute atomic E-state index is 12.9. The highest BCUT2D eigenvalue weighted by Gasteiger charge is 2.25. The number of ether oxygens (including phenoxy) is 1. The number of hydrogen-bond acceptors (Lipinski definition) is 5. The summed E-state index contributed by atoms with van der Waals surface area (Å²) in [6.07, 6.45) is 2.56. The normalized spacial score (nSPS) is 16.3. The fraction of sp³-hybridized carbons (Fsp3) is 0.360. The van der Waals surface area contributed by atoms with Gasteiger partial charge in [-0.2, -0.15) is 0 Å². The highest BCUT2D eigenvalue weighted by atomic mass is 35.5. The molecule has 1 aromatic heterocycles. The SMILES string of the molecule is COc1cc(N2CCCN(C(=O)NCc3ccc(Cl)c(Cl)c3)CC2C)ccc1-c1cnc(C)o1. The first-order valence-electron chi connectivity index (χ1n) is 11.2. The van der Waals surface area contributed by atoms with Crippen LogP contribution < -0.4 is 15.0 Å². The van der Waals surface area contributed by atoms with E-state index in [9.17, 15) is 4.79 Å². The van der Waals surface area contributed by atoms with Gasteiger partial charge in [-0.3, -0.25) is 0 Å². The fourth-order valence-corrected chi connectivity index (χ4v) is 4.54. The number of anilines is 1. The molecule has 0 radical (unpaired) electrons. The van der Waals surface area contributed by atoms with Gasteiger partial charge in [0.15, 0.2) is 11.7 Å². The Labute approximate surface area is 209 Å². The predicted octanol–water partition coefficient (Wildman–Crippen LogP) is 5.78. The van der Waals surface area contributed by atoms with Crippen LogP contribution in [0.5, 0.6) is 5.75 Å². The summed E-state index contributed by atoms with van der Waals surface area (Å²) in [6.45, 7) is 6.46. The molecule has 1 aliphatic rings. The van der Waals surface area contributed by atoms with Crippen LogP contribution in [0, 0.1) is 6.92 Å². The average Bonchev–Trinajstić information content (AvgIpc) is 3.16. The molecule has 0 spiro atoms. The van der Waals surface area contributed by atoms with Crippen molar-refractivity contribution in [3.05, 3.63) is 64.1 Å². The van der Waals surface area contributed by atoms with Crippen molar-refractivity contribution in [3.8, 4) is 17.1 Å². The van der Waals surface area contributed by atoms with E-state index in [0.29, 0.717) is 41.3 Å². The van der Waals surface area contributed by atoms with Crippen LogP contribution in [0.3, 0.4) is 0 Å². The van der Waals surface area contributed by atoms with Crippen LogP contribution in [0.2, 0.25) is 10.0 Å². The first-order valence-corrected chi connectivity index (χ1v) is 12.0. The summed E-state index contributed by atoms with van der Waals surface area (Å²) in [7, 11) is 1.65. The predicted molar refractivity (Wildman–Crippen MR) is 135 cm³/mol. The molecular formula is C25H28Cl2N4O3. The number of aromatic nitrogens is 1. The van der Waals surface area contributed by atoms with Crippen LogP contribution in [-0.2, 0) is 6.54 Å². The monoisotopic (exact) mass is 502 g/mol. The van der Waals surface area contributed by atoms with E-state index in [1.54, 1.807) is 25.4 Å². The Morgan fingerprint density at radius 1 is 1.21 bits per heavy atom. The van der Waals surface area contributed by atoms with Crippen LogP contribution >= 0.6 is 23.2 Å². The molecule has 2 heterocycles. The van der Waals surface area contributed by atoms with E-state index in [0.717, 1.165) is 35.5 Å². The number of urea groups is 1. The molecule has 3 aromatic rings. The molecule has 0 aliphatic carbocycles. The van der Waals surface area contributed by atoms with Crippen LogP contribution in [0.4, 0.5) is 10.5 Å². The number of halogens is 2. The quantitative estimate of drug-likeness (QED) is 0.478. The lowest BCUT2D eigenvalue weighted by molar-refractivity contribution is 0.197. The molecule has 7 nitrogen and oxygen atoms in total. The van der Waals surface area contributed by atoms with Crippen molar-refractivity contribution in [1.29, 1.82) is 0 Å². The van der Waals surface area contributed by atoms with Crippen molar-refractivity contribution in [3.63, 3.8) is 0 Å². The lowest BCUT2D eigenvalue weighted by Crippen LogP contribution is -2.45. The van der Waals surface area contributed by atoms with E-state index in [-0.39, 0.29) is 12.1 Å². The Kier molecular flexibility index (Phi) is 7.54. The number of amides is 2. The molecule has 1 unspecified atom stereocenters. The molecule has 9 heteroatoms. The minimum absolute atomic E-state index is 0.0895. The van der Waals surface area contributed by atoms with E-state index in [4.69, 9.17) is 32.4 Å². The zero-order valence-electron chi connectivity index (χ0n) is 19.5. The number of carbonyl (C=O) groups excluding carboxylic acids is 1. The zero-order valence-corrected chi connectivity index (χ0v) is 21.0. The molecule has 1 N–H and O–H groups in total. The van der Waals surface area contributed by atoms with Gasteiger partial charge >= 0.3 is 6.03 Å². The Balaban J connectivity index is 1.43. The number of rotatable bonds is 5. The Hall–Kier alpha value is -2.90. The third kappa shape index (κ3) is 5.42. The van der Waals surface area contributed by atoms with Gasteiger partial charge in [-0.1, -0.05) is 29.3 Å². The van der Waals surface area contributed by atoms with Gasteiger partial charge in [0, 0.05) is 50.9 Å². The Bertz CT molecular complexity index is 1170. The van der Waals surface area contributed by atoms with E-state index in [1.165, 1.54) is 0 Å². The zero-order chi connectivity index (χ0) is 24.2. The van der Waals surface area contributed by atoms with Crippen LogP contribution in [0.1, 0.15) is 24.8 Å². The van der Waals surface area contributed by atoms with Gasteiger partial charge in [0.05, 0.1) is 28.9 Å². The van der Waals surface area contributed by atoms with Gasteiger partial charge in [0.25, 0.3) is 0 Å². The second kappa shape index (κ2) is 10.6. The molecule has 0 bridgehead atoms. The van der Waals surface area contributed by atoms with Gasteiger partial charge < -0.3 is 24.3 Å². The van der Waals surface area contributed by atoms with Gasteiger partial charge in [0.1, 0.15) is 5.75 Å². The lowest BCUT2D eigenvalue weighted by Gasteiger charge is -2.31. The summed E-state index contributed by atoms with van der Waals surface area (Å²) >= 11 is 12.1. The van der Waals surface area contributed by atoms with Crippen molar-refractivity contribution in [2.45, 2.75) is 32.9 Å². The summed E-state index contributed by atoms with van der Waals surface area (Å²) < 4.78 is 11.3. The van der Waals surface area contributed by atoms with E-state index in [1.807, 2.05) is 30.0 Å². The van der Waals surface area contributed by atoms with E-state index in [2.05, 4.69) is 28.2 Å². The largest absolute Gasteiger partial charge is 0.496 e. The molecule has 1 fully saturated rings. The fourth-order valence-electron chi connectivity index (χ4n) is 4.22. The molecule has 2 aromatic carbocycles. The maximum atomic E-state index is 12.9. The Morgan fingerprint density at radius 3 is 2.74 bits per heavy atom. The van der Waals surface area contributed by atoms with Gasteiger partial charge in [-0.05, 0) is 43.2 Å². The van der Waals surface area contributed by atoms with Gasteiger partial charge in [-0.15, -0.1) is 0 Å². The summed E-state index contributed by atoms with van der Waals surface area (Å²) in [5.41, 5.74) is 2.81. The lowest BCUT2D eigenvalue weighted by atomic mass is 10.1. The van der Waals surface area contributed by atoms with Crippen molar-refractivity contribution < 1.29 is 13.9 Å². The van der Waals surface area contributed by atoms with E-state index < -0.39 is 0 Å². The first-order chi connectivity index (χ1) is 16.4. The van der Waals surface area contributed by atoms with Crippen molar-refractivity contribution in [2.75, 3.05) is 31.6 Å². The summed E-state index contributed by atoms with van der Waals surface area (Å²) in [5.74, 6) is 2.01. The van der Waals surface area contributed by atoms with E-state index >= 15 is 0 Å². The average molecular weight is 503 g/mol. The summed E-state index contributed by atoms with van der Waals surface area (Å²) in [5, 5.41) is 3.97. The highest BCUT2D eigenvalue weighted by Crippen LogP contribution is 2.35. The molecule has 1 saturated heterocycles. The minimum atomic E-state index is -0.0895. The number of aryl methyl sites for hydroxylation is 1.